The van der Waals surface area contributed by atoms with Gasteiger partial charge < -0.3 is 10.2 Å². The van der Waals surface area contributed by atoms with Crippen molar-refractivity contribution in [2.45, 2.75) is 44.2 Å². The number of halogens is 1. The van der Waals surface area contributed by atoms with E-state index in [0.29, 0.717) is 30.0 Å². The Labute approximate surface area is 161 Å². The second-order valence-corrected chi connectivity index (χ2v) is 7.76. The molecule has 1 fully saturated rings. The lowest BCUT2D eigenvalue weighted by Gasteiger charge is -2.31. The maximum atomic E-state index is 14.1. The third-order valence-corrected chi connectivity index (χ3v) is 5.92. The lowest BCUT2D eigenvalue weighted by molar-refractivity contribution is 0.0931. The van der Waals surface area contributed by atoms with Crippen LogP contribution in [0.2, 0.25) is 0 Å². The van der Waals surface area contributed by atoms with Crippen molar-refractivity contribution < 1.29 is 9.18 Å². The lowest BCUT2D eigenvalue weighted by Crippen LogP contribution is -2.34. The first kappa shape index (κ1) is 17.1. The lowest BCUT2D eigenvalue weighted by atomic mass is 9.97. The van der Waals surface area contributed by atoms with Gasteiger partial charge in [-0.1, -0.05) is 0 Å². The molecule has 0 saturated heterocycles. The van der Waals surface area contributed by atoms with Crippen LogP contribution in [-0.4, -0.2) is 38.6 Å². The number of nitrogens with one attached hydrogen (secondary N) is 1. The minimum absolute atomic E-state index is 0.0606. The number of carbonyl (C=O) groups is 1. The average molecular weight is 380 g/mol. The van der Waals surface area contributed by atoms with Gasteiger partial charge in [-0.25, -0.2) is 13.9 Å². The summed E-state index contributed by atoms with van der Waals surface area (Å²) in [5.41, 5.74) is 2.50. The van der Waals surface area contributed by atoms with Gasteiger partial charge in [0.2, 0.25) is 0 Å². The predicted molar refractivity (Wildman–Crippen MR) is 102 cm³/mol. The van der Waals surface area contributed by atoms with Crippen LogP contribution in [0.1, 0.15) is 47.9 Å². The van der Waals surface area contributed by atoms with Crippen molar-refractivity contribution in [3.05, 3.63) is 53.4 Å². The fraction of sp³-hybridized carbons (Fsp3) is 0.400. The number of nitrogens with zero attached hydrogens (tertiary/aromatic N) is 5. The first-order valence-electron chi connectivity index (χ1n) is 9.52. The molecule has 1 atom stereocenters. The molecule has 1 amide bonds. The third kappa shape index (κ3) is 2.55. The van der Waals surface area contributed by atoms with Crippen LogP contribution < -0.4 is 10.2 Å². The summed E-state index contributed by atoms with van der Waals surface area (Å²) in [7, 11) is 1.97. The second kappa shape index (κ2) is 5.98. The van der Waals surface area contributed by atoms with Crippen molar-refractivity contribution in [2.75, 3.05) is 11.9 Å². The number of carbonyl (C=O) groups excluding carboxylic acids is 1. The Kier molecular flexibility index (Phi) is 3.65. The highest BCUT2D eigenvalue weighted by Crippen LogP contribution is 2.52. The van der Waals surface area contributed by atoms with Gasteiger partial charge in [0.25, 0.3) is 5.91 Å². The first-order chi connectivity index (χ1) is 13.5. The number of hydrogen-bond acceptors (Lipinski definition) is 5. The highest BCUT2D eigenvalue weighted by atomic mass is 19.1. The van der Waals surface area contributed by atoms with E-state index in [-0.39, 0.29) is 23.3 Å². The number of aromatic nitrogens is 4. The van der Waals surface area contributed by atoms with Gasteiger partial charge in [-0.15, -0.1) is 5.10 Å². The van der Waals surface area contributed by atoms with E-state index in [0.717, 1.165) is 24.1 Å². The van der Waals surface area contributed by atoms with Crippen LogP contribution in [0.25, 0.3) is 5.65 Å². The van der Waals surface area contributed by atoms with Gasteiger partial charge in [0.1, 0.15) is 11.6 Å². The largest absolute Gasteiger partial charge is 0.348 e. The summed E-state index contributed by atoms with van der Waals surface area (Å²) in [6.07, 6.45) is 6.02. The molecule has 1 aliphatic heterocycles. The second-order valence-electron chi connectivity index (χ2n) is 7.76. The number of fused-ring (bicyclic) bond motifs is 3. The molecule has 3 aromatic rings. The van der Waals surface area contributed by atoms with E-state index >= 15 is 0 Å². The summed E-state index contributed by atoms with van der Waals surface area (Å²) in [6.45, 7) is 1.96. The minimum Gasteiger partial charge on any atom is -0.348 e. The molecule has 0 radical (unpaired) electrons. The number of rotatable bonds is 0. The minimum atomic E-state index is -0.329. The Morgan fingerprint density at radius 1 is 1.25 bits per heavy atom. The van der Waals surface area contributed by atoms with Crippen LogP contribution in [0.15, 0.2) is 30.6 Å². The summed E-state index contributed by atoms with van der Waals surface area (Å²) >= 11 is 0. The molecule has 28 heavy (non-hydrogen) atoms. The van der Waals surface area contributed by atoms with Crippen molar-refractivity contribution in [2.24, 2.45) is 0 Å². The van der Waals surface area contributed by atoms with E-state index < -0.39 is 0 Å². The van der Waals surface area contributed by atoms with E-state index in [1.165, 1.54) is 6.20 Å². The predicted octanol–water partition coefficient (Wildman–Crippen LogP) is 2.45. The molecule has 8 heteroatoms. The maximum absolute atomic E-state index is 14.1. The summed E-state index contributed by atoms with van der Waals surface area (Å²) in [5.74, 6) is 0.170. The van der Waals surface area contributed by atoms with Crippen LogP contribution in [0.3, 0.4) is 0 Å². The van der Waals surface area contributed by atoms with Crippen LogP contribution in [-0.2, 0) is 12.0 Å². The van der Waals surface area contributed by atoms with Crippen molar-refractivity contribution in [3.63, 3.8) is 0 Å². The van der Waals surface area contributed by atoms with Crippen molar-refractivity contribution >= 4 is 17.4 Å². The molecule has 4 heterocycles. The molecule has 3 aromatic heterocycles. The van der Waals surface area contributed by atoms with E-state index in [1.54, 1.807) is 16.8 Å². The molecular weight excluding hydrogens is 359 g/mol. The zero-order valence-corrected chi connectivity index (χ0v) is 15.8. The molecule has 144 valence electrons. The Balaban J connectivity index is 1.70. The Hall–Kier alpha value is -3.03. The number of amides is 1. The van der Waals surface area contributed by atoms with E-state index in [1.807, 2.05) is 26.1 Å². The SMILES string of the molecule is CC1CCc2ncc(F)cc2C2(CC2)N(C)c2ccc3ncc(n3n2)C(=O)N1. The van der Waals surface area contributed by atoms with Gasteiger partial charge in [0, 0.05) is 24.3 Å². The summed E-state index contributed by atoms with van der Waals surface area (Å²) in [5, 5.41) is 7.68. The molecule has 7 nitrogen and oxygen atoms in total. The van der Waals surface area contributed by atoms with Crippen molar-refractivity contribution in [1.29, 1.82) is 0 Å². The zero-order chi connectivity index (χ0) is 19.5. The molecule has 0 aromatic carbocycles. The van der Waals surface area contributed by atoms with Gasteiger partial charge in [0.05, 0.1) is 17.9 Å². The van der Waals surface area contributed by atoms with E-state index in [9.17, 15) is 9.18 Å². The Morgan fingerprint density at radius 2 is 2.07 bits per heavy atom. The topological polar surface area (TPSA) is 75.4 Å². The molecule has 1 spiro atoms. The first-order valence-corrected chi connectivity index (χ1v) is 9.52. The third-order valence-electron chi connectivity index (χ3n) is 5.92. The average Bonchev–Trinajstić information content (AvgIpc) is 3.38. The van der Waals surface area contributed by atoms with Gasteiger partial charge in [-0.05, 0) is 50.8 Å². The van der Waals surface area contributed by atoms with Crippen LogP contribution in [0.5, 0.6) is 0 Å². The molecular formula is C20H21FN6O. The van der Waals surface area contributed by atoms with Crippen LogP contribution in [0.4, 0.5) is 10.2 Å². The number of imidazole rings is 1. The number of aryl methyl sites for hydroxylation is 1. The zero-order valence-electron chi connectivity index (χ0n) is 15.8. The molecule has 1 saturated carbocycles. The molecule has 5 rings (SSSR count). The highest BCUT2D eigenvalue weighted by Gasteiger charge is 2.50. The molecule has 1 aliphatic carbocycles. The summed E-state index contributed by atoms with van der Waals surface area (Å²) < 4.78 is 15.7. The normalized spacial score (nSPS) is 21.0. The summed E-state index contributed by atoms with van der Waals surface area (Å²) in [4.78, 5) is 23.5. The van der Waals surface area contributed by atoms with Crippen LogP contribution in [0, 0.1) is 5.82 Å². The number of anilines is 1. The van der Waals surface area contributed by atoms with Gasteiger partial charge in [-0.3, -0.25) is 9.78 Å². The number of pyridine rings is 1. The molecule has 2 bridgehead atoms. The Morgan fingerprint density at radius 3 is 2.86 bits per heavy atom. The standard InChI is InChI=1S/C20H21FN6O/c1-12-3-4-15-14(9-13(21)10-22-15)20(7-8-20)26(2)18-6-5-17-23-11-16(19(28)24-12)27(17)25-18/h5-6,9-12H,3-4,7-8H2,1-2H3,(H,24,28). The smallest absolute Gasteiger partial charge is 0.271 e. The van der Waals surface area contributed by atoms with Crippen molar-refractivity contribution in [1.82, 2.24) is 24.9 Å². The fourth-order valence-electron chi connectivity index (χ4n) is 4.11. The molecule has 1 N–H and O–H groups in total. The van der Waals surface area contributed by atoms with Gasteiger partial charge >= 0.3 is 0 Å². The molecule has 2 aliphatic rings. The van der Waals surface area contributed by atoms with Crippen molar-refractivity contribution in [3.8, 4) is 0 Å². The summed E-state index contributed by atoms with van der Waals surface area (Å²) in [6, 6.07) is 5.28. The highest BCUT2D eigenvalue weighted by molar-refractivity contribution is 5.93. The Bertz CT molecular complexity index is 1090. The van der Waals surface area contributed by atoms with Gasteiger partial charge in [-0.2, -0.15) is 0 Å². The van der Waals surface area contributed by atoms with Crippen LogP contribution >= 0.6 is 0 Å². The van der Waals surface area contributed by atoms with Gasteiger partial charge in [0.15, 0.2) is 11.3 Å². The molecule has 1 unspecified atom stereocenters. The number of hydrogen-bond donors (Lipinski definition) is 1. The van der Waals surface area contributed by atoms with E-state index in [2.05, 4.69) is 25.3 Å². The quantitative estimate of drug-likeness (QED) is 0.648. The van der Waals surface area contributed by atoms with E-state index in [4.69, 9.17) is 0 Å². The monoisotopic (exact) mass is 380 g/mol. The maximum Gasteiger partial charge on any atom is 0.271 e. The fourth-order valence-corrected chi connectivity index (χ4v) is 4.11.